The van der Waals surface area contributed by atoms with Crippen LogP contribution >= 0.6 is 0 Å². The number of carbonyl (C=O) groups excluding carboxylic acids is 1. The van der Waals surface area contributed by atoms with Gasteiger partial charge in [-0.1, -0.05) is 12.1 Å². The lowest BCUT2D eigenvalue weighted by atomic mass is 10.1. The Morgan fingerprint density at radius 2 is 1.73 bits per heavy atom. The van der Waals surface area contributed by atoms with Crippen molar-refractivity contribution in [2.45, 2.75) is 44.0 Å². The van der Waals surface area contributed by atoms with Crippen LogP contribution in [0.5, 0.6) is 0 Å². The van der Waals surface area contributed by atoms with Crippen LogP contribution in [0.4, 0.5) is 0 Å². The summed E-state index contributed by atoms with van der Waals surface area (Å²) in [5.41, 5.74) is 0.807. The number of sulfonamides is 1. The van der Waals surface area contributed by atoms with Gasteiger partial charge >= 0.3 is 0 Å². The van der Waals surface area contributed by atoms with E-state index in [0.29, 0.717) is 13.0 Å². The molecule has 1 aromatic carbocycles. The van der Waals surface area contributed by atoms with Gasteiger partial charge in [-0.2, -0.15) is 0 Å². The minimum absolute atomic E-state index is 0.0255. The highest BCUT2D eigenvalue weighted by Gasteiger charge is 2.12. The number of rotatable bonds is 7. The normalized spacial score (nSPS) is 12.2. The molecular formula is C15H25N3O3S. The summed E-state index contributed by atoms with van der Waals surface area (Å²) in [5, 5.41) is 11.1. The van der Waals surface area contributed by atoms with Gasteiger partial charge in [0.15, 0.2) is 0 Å². The molecule has 1 amide bonds. The maximum atomic E-state index is 11.6. The molecule has 124 valence electrons. The van der Waals surface area contributed by atoms with E-state index in [-0.39, 0.29) is 16.3 Å². The molecule has 0 atom stereocenters. The lowest BCUT2D eigenvalue weighted by Crippen LogP contribution is -2.41. The molecule has 0 heterocycles. The molecule has 0 aromatic heterocycles. The lowest BCUT2D eigenvalue weighted by Gasteiger charge is -2.20. The Hall–Kier alpha value is -1.44. The van der Waals surface area contributed by atoms with Gasteiger partial charge in [-0.15, -0.1) is 0 Å². The molecule has 0 radical (unpaired) electrons. The van der Waals surface area contributed by atoms with Crippen molar-refractivity contribution in [3.8, 4) is 0 Å². The molecule has 0 aliphatic carbocycles. The van der Waals surface area contributed by atoms with Crippen molar-refractivity contribution in [1.29, 1.82) is 0 Å². The first-order valence-electron chi connectivity index (χ1n) is 7.21. The van der Waals surface area contributed by atoms with Crippen LogP contribution in [0.3, 0.4) is 0 Å². The van der Waals surface area contributed by atoms with Crippen LogP contribution in [0.25, 0.3) is 0 Å². The van der Waals surface area contributed by atoms with Gasteiger partial charge in [0, 0.05) is 18.5 Å². The lowest BCUT2D eigenvalue weighted by molar-refractivity contribution is -0.122. The van der Waals surface area contributed by atoms with Gasteiger partial charge in [0.1, 0.15) is 0 Å². The van der Waals surface area contributed by atoms with E-state index in [2.05, 4.69) is 10.6 Å². The van der Waals surface area contributed by atoms with Crippen LogP contribution in [0.15, 0.2) is 29.2 Å². The van der Waals surface area contributed by atoms with E-state index in [1.807, 2.05) is 20.8 Å². The van der Waals surface area contributed by atoms with Gasteiger partial charge in [0.2, 0.25) is 15.9 Å². The van der Waals surface area contributed by atoms with E-state index in [1.165, 1.54) is 12.1 Å². The predicted octanol–water partition coefficient (Wildman–Crippen LogP) is 0.771. The molecule has 1 rings (SSSR count). The van der Waals surface area contributed by atoms with Crippen molar-refractivity contribution in [1.82, 2.24) is 10.6 Å². The minimum atomic E-state index is -3.63. The van der Waals surface area contributed by atoms with E-state index in [9.17, 15) is 13.2 Å². The van der Waals surface area contributed by atoms with E-state index in [1.54, 1.807) is 12.1 Å². The summed E-state index contributed by atoms with van der Waals surface area (Å²) in [5.74, 6) is 0.0255. The summed E-state index contributed by atoms with van der Waals surface area (Å²) >= 11 is 0. The Labute approximate surface area is 132 Å². The Bertz CT molecular complexity index is 589. The minimum Gasteiger partial charge on any atom is -0.351 e. The topological polar surface area (TPSA) is 101 Å². The van der Waals surface area contributed by atoms with Crippen LogP contribution in [0.1, 0.15) is 32.8 Å². The van der Waals surface area contributed by atoms with E-state index in [0.717, 1.165) is 18.5 Å². The van der Waals surface area contributed by atoms with Crippen LogP contribution in [0.2, 0.25) is 0 Å². The first-order chi connectivity index (χ1) is 10.1. The van der Waals surface area contributed by atoms with Crippen LogP contribution < -0.4 is 15.8 Å². The Morgan fingerprint density at radius 3 is 2.23 bits per heavy atom. The standard InChI is InChI=1S/C15H25N3O3S/c1-15(2,3)18-14(19)9-11-17-10-8-12-4-6-13(7-5-12)22(16,20)21/h4-7,17H,8-11H2,1-3H3,(H,18,19)(H2,16,20,21). The Kier molecular flexibility index (Phi) is 6.52. The maximum Gasteiger partial charge on any atom is 0.238 e. The molecule has 1 aromatic rings. The number of nitrogens with two attached hydrogens (primary N) is 1. The van der Waals surface area contributed by atoms with Crippen molar-refractivity contribution in [3.05, 3.63) is 29.8 Å². The molecule has 0 saturated carbocycles. The molecule has 0 aliphatic heterocycles. The molecule has 4 N–H and O–H groups in total. The number of carbonyl (C=O) groups is 1. The fraction of sp³-hybridized carbons (Fsp3) is 0.533. The summed E-state index contributed by atoms with van der Waals surface area (Å²) in [6.45, 7) is 7.17. The van der Waals surface area contributed by atoms with Crippen LogP contribution in [0, 0.1) is 0 Å². The van der Waals surface area contributed by atoms with Crippen LogP contribution in [-0.2, 0) is 21.2 Å². The van der Waals surface area contributed by atoms with Crippen molar-refractivity contribution in [2.24, 2.45) is 5.14 Å². The smallest absolute Gasteiger partial charge is 0.238 e. The third kappa shape index (κ3) is 7.53. The molecular weight excluding hydrogens is 302 g/mol. The number of hydrogen-bond donors (Lipinski definition) is 3. The maximum absolute atomic E-state index is 11.6. The molecule has 6 nitrogen and oxygen atoms in total. The average molecular weight is 327 g/mol. The molecule has 0 fully saturated rings. The van der Waals surface area contributed by atoms with Gasteiger partial charge in [-0.25, -0.2) is 13.6 Å². The SMILES string of the molecule is CC(C)(C)NC(=O)CCNCCc1ccc(S(N)(=O)=O)cc1. The molecule has 0 unspecified atom stereocenters. The molecule has 7 heteroatoms. The monoisotopic (exact) mass is 327 g/mol. The molecule has 22 heavy (non-hydrogen) atoms. The second-order valence-electron chi connectivity index (χ2n) is 6.24. The quantitative estimate of drug-likeness (QED) is 0.644. The van der Waals surface area contributed by atoms with E-state index >= 15 is 0 Å². The summed E-state index contributed by atoms with van der Waals surface area (Å²) in [7, 11) is -3.63. The second kappa shape index (κ2) is 7.71. The first kappa shape index (κ1) is 18.6. The number of primary sulfonamides is 1. The first-order valence-corrected chi connectivity index (χ1v) is 8.76. The number of amides is 1. The third-order valence-electron chi connectivity index (χ3n) is 2.89. The fourth-order valence-corrected chi connectivity index (χ4v) is 2.40. The van der Waals surface area contributed by atoms with E-state index in [4.69, 9.17) is 5.14 Å². The predicted molar refractivity (Wildman–Crippen MR) is 86.9 cm³/mol. The van der Waals surface area contributed by atoms with Crippen molar-refractivity contribution in [2.75, 3.05) is 13.1 Å². The zero-order valence-electron chi connectivity index (χ0n) is 13.3. The Morgan fingerprint density at radius 1 is 1.14 bits per heavy atom. The van der Waals surface area contributed by atoms with E-state index < -0.39 is 10.0 Å². The van der Waals surface area contributed by atoms with Crippen molar-refractivity contribution in [3.63, 3.8) is 0 Å². The number of benzene rings is 1. The number of nitrogens with one attached hydrogen (secondary N) is 2. The highest BCUT2D eigenvalue weighted by atomic mass is 32.2. The number of hydrogen-bond acceptors (Lipinski definition) is 4. The fourth-order valence-electron chi connectivity index (χ4n) is 1.89. The van der Waals surface area contributed by atoms with Gasteiger partial charge in [-0.05, 0) is 51.4 Å². The van der Waals surface area contributed by atoms with Crippen molar-refractivity contribution < 1.29 is 13.2 Å². The highest BCUT2D eigenvalue weighted by molar-refractivity contribution is 7.89. The van der Waals surface area contributed by atoms with Gasteiger partial charge in [-0.3, -0.25) is 4.79 Å². The molecule has 0 bridgehead atoms. The molecule has 0 saturated heterocycles. The second-order valence-corrected chi connectivity index (χ2v) is 7.80. The zero-order valence-corrected chi connectivity index (χ0v) is 14.2. The largest absolute Gasteiger partial charge is 0.351 e. The summed E-state index contributed by atoms with van der Waals surface area (Å²) in [6, 6.07) is 6.49. The summed E-state index contributed by atoms with van der Waals surface area (Å²) in [4.78, 5) is 11.7. The van der Waals surface area contributed by atoms with Crippen LogP contribution in [-0.4, -0.2) is 33.0 Å². The Balaban J connectivity index is 2.27. The molecule has 0 aliphatic rings. The third-order valence-corrected chi connectivity index (χ3v) is 3.81. The summed E-state index contributed by atoms with van der Waals surface area (Å²) in [6.07, 6.45) is 1.19. The zero-order chi connectivity index (χ0) is 16.8. The van der Waals surface area contributed by atoms with Gasteiger partial charge in [0.25, 0.3) is 0 Å². The van der Waals surface area contributed by atoms with Crippen molar-refractivity contribution >= 4 is 15.9 Å². The molecule has 0 spiro atoms. The summed E-state index contributed by atoms with van der Waals surface area (Å²) < 4.78 is 22.3. The van der Waals surface area contributed by atoms with Gasteiger partial charge in [0.05, 0.1) is 4.90 Å². The van der Waals surface area contributed by atoms with Gasteiger partial charge < -0.3 is 10.6 Å². The average Bonchev–Trinajstić information content (AvgIpc) is 2.35. The highest BCUT2D eigenvalue weighted by Crippen LogP contribution is 2.08.